The van der Waals surface area contributed by atoms with Crippen LogP contribution >= 0.6 is 0 Å². The zero-order valence-electron chi connectivity index (χ0n) is 37.0. The van der Waals surface area contributed by atoms with E-state index in [4.69, 9.17) is 23.8 Å². The Morgan fingerprint density at radius 1 is 0.275 bits per heavy atom. The van der Waals surface area contributed by atoms with Crippen LogP contribution in [0.5, 0.6) is 0 Å². The maximum absolute atomic E-state index is 6.38. The van der Waals surface area contributed by atoms with Crippen molar-refractivity contribution in [1.29, 1.82) is 0 Å². The lowest BCUT2D eigenvalue weighted by Gasteiger charge is -2.15. The van der Waals surface area contributed by atoms with Crippen LogP contribution in [-0.2, 0) is 0 Å². The smallest absolute Gasteiger partial charge is 0.238 e. The van der Waals surface area contributed by atoms with Crippen molar-refractivity contribution < 1.29 is 8.83 Å². The lowest BCUT2D eigenvalue weighted by Crippen LogP contribution is -2.07. The normalized spacial score (nSPS) is 11.8. The summed E-state index contributed by atoms with van der Waals surface area (Å²) >= 11 is 0. The van der Waals surface area contributed by atoms with E-state index in [-0.39, 0.29) is 0 Å². The van der Waals surface area contributed by atoms with Crippen molar-refractivity contribution in [1.82, 2.24) is 19.5 Å². The van der Waals surface area contributed by atoms with E-state index in [9.17, 15) is 0 Å². The number of nitrogens with zero attached hydrogens (tertiary/aromatic N) is 4. The highest BCUT2D eigenvalue weighted by atomic mass is 16.3. The second kappa shape index (κ2) is 15.6. The molecule has 322 valence electrons. The summed E-state index contributed by atoms with van der Waals surface area (Å²) in [5.74, 6) is 1.65. The maximum Gasteiger partial charge on any atom is 0.238 e. The van der Waals surface area contributed by atoms with Gasteiger partial charge in [0, 0.05) is 49.0 Å². The zero-order chi connectivity index (χ0) is 45.4. The Morgan fingerprint density at radius 3 is 1.42 bits per heavy atom. The molecule has 0 aliphatic carbocycles. The number of benzene rings is 10. The summed E-state index contributed by atoms with van der Waals surface area (Å²) in [4.78, 5) is 15.9. The van der Waals surface area contributed by atoms with Gasteiger partial charge in [0.1, 0.15) is 22.3 Å². The Kier molecular flexibility index (Phi) is 8.79. The van der Waals surface area contributed by atoms with Gasteiger partial charge in [0.15, 0.2) is 11.6 Å². The first kappa shape index (κ1) is 38.8. The molecule has 69 heavy (non-hydrogen) atoms. The standard InChI is InChI=1S/C63H38N4O2/c1-3-15-39(16-4-1)47-35-53(45-22-14-21-43(34-45)41-19-13-20-42(33-41)44-29-31-51-49-24-8-11-27-56(49)68-58(51)37-44)60-54(36-47)48-23-7-10-26-55(48)67(60)63-65-61(40-17-5-2-6-18-40)64-62(66-63)46-30-32-52-50-25-9-12-28-57(50)69-59(52)38-46/h1-38H. The quantitative estimate of drug-likeness (QED) is 0.159. The molecule has 6 heteroatoms. The summed E-state index contributed by atoms with van der Waals surface area (Å²) in [6.45, 7) is 0. The van der Waals surface area contributed by atoms with E-state index >= 15 is 0 Å². The molecule has 0 saturated carbocycles. The minimum absolute atomic E-state index is 0.522. The van der Waals surface area contributed by atoms with Gasteiger partial charge >= 0.3 is 0 Å². The van der Waals surface area contributed by atoms with E-state index < -0.39 is 0 Å². The second-order valence-electron chi connectivity index (χ2n) is 17.6. The highest BCUT2D eigenvalue weighted by Gasteiger charge is 2.23. The molecule has 4 aromatic heterocycles. The molecule has 0 radical (unpaired) electrons. The van der Waals surface area contributed by atoms with Crippen molar-refractivity contribution in [2.75, 3.05) is 0 Å². The van der Waals surface area contributed by atoms with Gasteiger partial charge in [0.25, 0.3) is 0 Å². The van der Waals surface area contributed by atoms with Gasteiger partial charge in [-0.2, -0.15) is 9.97 Å². The lowest BCUT2D eigenvalue weighted by atomic mass is 9.93. The molecular formula is C63H38N4O2. The summed E-state index contributed by atoms with van der Waals surface area (Å²) < 4.78 is 14.9. The van der Waals surface area contributed by atoms with Crippen LogP contribution in [-0.4, -0.2) is 19.5 Å². The fourth-order valence-corrected chi connectivity index (χ4v) is 10.1. The van der Waals surface area contributed by atoms with Gasteiger partial charge in [-0.3, -0.25) is 4.57 Å². The minimum Gasteiger partial charge on any atom is -0.456 e. The predicted octanol–water partition coefficient (Wildman–Crippen LogP) is 16.8. The molecule has 6 nitrogen and oxygen atoms in total. The van der Waals surface area contributed by atoms with Gasteiger partial charge in [-0.1, -0.05) is 164 Å². The van der Waals surface area contributed by atoms with Crippen molar-refractivity contribution in [3.8, 4) is 73.2 Å². The van der Waals surface area contributed by atoms with Crippen LogP contribution in [0.4, 0.5) is 0 Å². The van der Waals surface area contributed by atoms with Crippen LogP contribution in [0.2, 0.25) is 0 Å². The Morgan fingerprint density at radius 2 is 0.754 bits per heavy atom. The van der Waals surface area contributed by atoms with Crippen molar-refractivity contribution in [3.05, 3.63) is 231 Å². The van der Waals surface area contributed by atoms with Crippen LogP contribution in [0.15, 0.2) is 239 Å². The maximum atomic E-state index is 6.38. The molecule has 0 unspecified atom stereocenters. The third-order valence-electron chi connectivity index (χ3n) is 13.4. The number of para-hydroxylation sites is 3. The van der Waals surface area contributed by atoms with Crippen LogP contribution in [0, 0.1) is 0 Å². The fraction of sp³-hybridized carbons (Fsp3) is 0. The molecule has 0 atom stereocenters. The molecular weight excluding hydrogens is 845 g/mol. The number of hydrogen-bond acceptors (Lipinski definition) is 5. The van der Waals surface area contributed by atoms with E-state index in [0.717, 1.165) is 121 Å². The Bertz CT molecular complexity index is 4320. The number of hydrogen-bond donors (Lipinski definition) is 0. The topological polar surface area (TPSA) is 69.9 Å². The van der Waals surface area contributed by atoms with Gasteiger partial charge < -0.3 is 8.83 Å². The van der Waals surface area contributed by atoms with E-state index in [0.29, 0.717) is 17.6 Å². The van der Waals surface area contributed by atoms with Crippen LogP contribution in [0.1, 0.15) is 0 Å². The van der Waals surface area contributed by atoms with Crippen LogP contribution in [0.3, 0.4) is 0 Å². The first-order chi connectivity index (χ1) is 34.2. The van der Waals surface area contributed by atoms with Gasteiger partial charge in [0.2, 0.25) is 5.95 Å². The summed E-state index contributed by atoms with van der Waals surface area (Å²) in [5.41, 5.74) is 16.0. The second-order valence-corrected chi connectivity index (χ2v) is 17.6. The summed E-state index contributed by atoms with van der Waals surface area (Å²) in [7, 11) is 0. The van der Waals surface area contributed by atoms with Gasteiger partial charge in [0.05, 0.1) is 11.0 Å². The van der Waals surface area contributed by atoms with Crippen LogP contribution < -0.4 is 0 Å². The molecule has 0 saturated heterocycles. The highest BCUT2D eigenvalue weighted by Crippen LogP contribution is 2.43. The molecule has 14 rings (SSSR count). The fourth-order valence-electron chi connectivity index (χ4n) is 10.1. The number of aromatic nitrogens is 4. The van der Waals surface area contributed by atoms with Crippen molar-refractivity contribution in [2.45, 2.75) is 0 Å². The van der Waals surface area contributed by atoms with Gasteiger partial charge in [-0.25, -0.2) is 4.98 Å². The van der Waals surface area contributed by atoms with Gasteiger partial charge in [-0.15, -0.1) is 0 Å². The largest absolute Gasteiger partial charge is 0.456 e. The third-order valence-corrected chi connectivity index (χ3v) is 13.4. The average molecular weight is 883 g/mol. The van der Waals surface area contributed by atoms with Crippen molar-refractivity contribution in [2.24, 2.45) is 0 Å². The third kappa shape index (κ3) is 6.53. The first-order valence-corrected chi connectivity index (χ1v) is 23.2. The van der Waals surface area contributed by atoms with Gasteiger partial charge in [-0.05, 0) is 106 Å². The predicted molar refractivity (Wildman–Crippen MR) is 281 cm³/mol. The Hall–Kier alpha value is -9.39. The highest BCUT2D eigenvalue weighted by molar-refractivity contribution is 6.15. The molecule has 10 aromatic carbocycles. The summed E-state index contributed by atoms with van der Waals surface area (Å²) in [6.07, 6.45) is 0. The molecule has 0 spiro atoms. The molecule has 0 N–H and O–H groups in total. The van der Waals surface area contributed by atoms with E-state index in [2.05, 4.69) is 168 Å². The Balaban J connectivity index is 0.976. The first-order valence-electron chi connectivity index (χ1n) is 23.2. The lowest BCUT2D eigenvalue weighted by molar-refractivity contribution is 0.668. The zero-order valence-corrected chi connectivity index (χ0v) is 37.0. The number of furan rings is 2. The van der Waals surface area contributed by atoms with Crippen molar-refractivity contribution in [3.63, 3.8) is 0 Å². The molecule has 14 aromatic rings. The van der Waals surface area contributed by atoms with E-state index in [1.54, 1.807) is 0 Å². The number of fused-ring (bicyclic) bond motifs is 9. The molecule has 0 aliphatic rings. The monoisotopic (exact) mass is 882 g/mol. The molecule has 0 amide bonds. The van der Waals surface area contributed by atoms with Crippen LogP contribution in [0.25, 0.3) is 139 Å². The summed E-state index contributed by atoms with van der Waals surface area (Å²) in [5, 5.41) is 6.57. The van der Waals surface area contributed by atoms with E-state index in [1.807, 2.05) is 66.7 Å². The molecule has 0 aliphatic heterocycles. The molecule has 4 heterocycles. The molecule has 0 fully saturated rings. The van der Waals surface area contributed by atoms with Crippen molar-refractivity contribution >= 4 is 65.7 Å². The SMILES string of the molecule is c1ccc(-c2cc(-c3cccc(-c4cccc(-c5ccc6c(c5)oc5ccccc56)c4)c3)c3c(c2)c2ccccc2n3-c2nc(-c3ccccc3)nc(-c3ccc4c(c3)oc3ccccc34)n2)cc1. The molecule has 0 bridgehead atoms. The average Bonchev–Trinajstić information content (AvgIpc) is 4.10. The minimum atomic E-state index is 0.522. The Labute approximate surface area is 396 Å². The number of rotatable bonds is 7. The summed E-state index contributed by atoms with van der Waals surface area (Å²) in [6, 6.07) is 80.7. The van der Waals surface area contributed by atoms with E-state index in [1.165, 1.54) is 0 Å².